The maximum atomic E-state index is 5.39. The molecule has 1 aromatic carbocycles. The van der Waals surface area contributed by atoms with Crippen molar-refractivity contribution in [2.75, 3.05) is 26.0 Å². The van der Waals surface area contributed by atoms with E-state index in [2.05, 4.69) is 33.8 Å². The Bertz CT molecular complexity index is 535. The predicted octanol–water partition coefficient (Wildman–Crippen LogP) is 2.12. The monoisotopic (exact) mass is 277 g/mol. The number of aromatic nitrogens is 2. The third kappa shape index (κ3) is 2.80. The molecule has 1 atom stereocenters. The largest absolute Gasteiger partial charge is 0.378 e. The van der Waals surface area contributed by atoms with Crippen molar-refractivity contribution in [2.45, 2.75) is 10.9 Å². The van der Waals surface area contributed by atoms with Gasteiger partial charge in [-0.2, -0.15) is 4.98 Å². The second-order valence-electron chi connectivity index (χ2n) is 4.27. The molecule has 1 N–H and O–H groups in total. The Kier molecular flexibility index (Phi) is 3.82. The summed E-state index contributed by atoms with van der Waals surface area (Å²) in [5.74, 6) is 1.21. The molecule has 1 aliphatic rings. The fourth-order valence-corrected chi connectivity index (χ4v) is 2.37. The maximum Gasteiger partial charge on any atom is 0.246 e. The SMILES string of the molecule is CSc1ccc(-c2noc(C3COCCN3)n2)cc1. The molecule has 0 amide bonds. The first-order valence-corrected chi connectivity index (χ1v) is 7.38. The molecule has 0 saturated carbocycles. The molecule has 3 rings (SSSR count). The third-order valence-electron chi connectivity index (χ3n) is 3.01. The van der Waals surface area contributed by atoms with E-state index in [-0.39, 0.29) is 6.04 Å². The standard InChI is InChI=1S/C13H15N3O2S/c1-19-10-4-2-9(3-5-10)12-15-13(18-16-12)11-8-17-7-6-14-11/h2-5,11,14H,6-8H2,1H3. The first kappa shape index (κ1) is 12.7. The van der Waals surface area contributed by atoms with Crippen molar-refractivity contribution in [3.8, 4) is 11.4 Å². The highest BCUT2D eigenvalue weighted by Crippen LogP contribution is 2.22. The van der Waals surface area contributed by atoms with Crippen LogP contribution in [0.3, 0.4) is 0 Å². The highest BCUT2D eigenvalue weighted by Gasteiger charge is 2.21. The summed E-state index contributed by atoms with van der Waals surface area (Å²) in [6.07, 6.45) is 2.05. The number of morpholine rings is 1. The van der Waals surface area contributed by atoms with E-state index >= 15 is 0 Å². The molecule has 0 radical (unpaired) electrons. The minimum atomic E-state index is 0.000436. The summed E-state index contributed by atoms with van der Waals surface area (Å²) in [5.41, 5.74) is 0.963. The van der Waals surface area contributed by atoms with E-state index in [9.17, 15) is 0 Å². The van der Waals surface area contributed by atoms with Crippen molar-refractivity contribution in [3.63, 3.8) is 0 Å². The van der Waals surface area contributed by atoms with Crippen LogP contribution in [-0.2, 0) is 4.74 Å². The topological polar surface area (TPSA) is 60.2 Å². The fourth-order valence-electron chi connectivity index (χ4n) is 1.96. The normalized spacial score (nSPS) is 19.5. The number of thioether (sulfide) groups is 1. The highest BCUT2D eigenvalue weighted by molar-refractivity contribution is 7.98. The van der Waals surface area contributed by atoms with Gasteiger partial charge in [-0.15, -0.1) is 11.8 Å². The molecule has 1 aromatic heterocycles. The molecule has 2 heterocycles. The van der Waals surface area contributed by atoms with E-state index in [4.69, 9.17) is 9.26 Å². The summed E-state index contributed by atoms with van der Waals surface area (Å²) >= 11 is 1.71. The number of hydrogen-bond donors (Lipinski definition) is 1. The Balaban J connectivity index is 1.79. The minimum absolute atomic E-state index is 0.000436. The van der Waals surface area contributed by atoms with E-state index in [1.807, 2.05) is 12.1 Å². The molecule has 6 heteroatoms. The first-order chi connectivity index (χ1) is 9.36. The van der Waals surface area contributed by atoms with E-state index in [1.54, 1.807) is 11.8 Å². The number of hydrogen-bond acceptors (Lipinski definition) is 6. The average Bonchev–Trinajstić information content (AvgIpc) is 2.98. The minimum Gasteiger partial charge on any atom is -0.378 e. The number of benzene rings is 1. The van der Waals surface area contributed by atoms with Gasteiger partial charge < -0.3 is 14.6 Å². The summed E-state index contributed by atoms with van der Waals surface area (Å²) in [6.45, 7) is 2.12. The second-order valence-corrected chi connectivity index (χ2v) is 5.15. The maximum absolute atomic E-state index is 5.39. The second kappa shape index (κ2) is 5.73. The molecule has 19 heavy (non-hydrogen) atoms. The van der Waals surface area contributed by atoms with Gasteiger partial charge in [0.2, 0.25) is 11.7 Å². The Labute approximate surface area is 115 Å². The number of nitrogens with zero attached hydrogens (tertiary/aromatic N) is 2. The van der Waals surface area contributed by atoms with Crippen molar-refractivity contribution in [1.29, 1.82) is 0 Å². The molecule has 5 nitrogen and oxygen atoms in total. The van der Waals surface area contributed by atoms with Crippen molar-refractivity contribution >= 4 is 11.8 Å². The quantitative estimate of drug-likeness (QED) is 0.867. The van der Waals surface area contributed by atoms with Gasteiger partial charge in [0.25, 0.3) is 0 Å². The first-order valence-electron chi connectivity index (χ1n) is 6.16. The highest BCUT2D eigenvalue weighted by atomic mass is 32.2. The van der Waals surface area contributed by atoms with Crippen LogP contribution in [0.1, 0.15) is 11.9 Å². The molecule has 1 saturated heterocycles. The summed E-state index contributed by atoms with van der Waals surface area (Å²) < 4.78 is 10.7. The summed E-state index contributed by atoms with van der Waals surface area (Å²) in [6, 6.07) is 8.12. The number of nitrogens with one attached hydrogen (secondary N) is 1. The van der Waals surface area contributed by atoms with Crippen LogP contribution in [0.15, 0.2) is 33.7 Å². The zero-order valence-electron chi connectivity index (χ0n) is 10.6. The molecule has 1 fully saturated rings. The van der Waals surface area contributed by atoms with Crippen molar-refractivity contribution in [3.05, 3.63) is 30.2 Å². The molecular formula is C13H15N3O2S. The van der Waals surface area contributed by atoms with E-state index in [1.165, 1.54) is 4.90 Å². The molecule has 2 aromatic rings. The lowest BCUT2D eigenvalue weighted by Crippen LogP contribution is -2.34. The molecule has 100 valence electrons. The van der Waals surface area contributed by atoms with Gasteiger partial charge in [0.05, 0.1) is 13.2 Å². The lowest BCUT2D eigenvalue weighted by molar-refractivity contribution is 0.0659. The van der Waals surface area contributed by atoms with Gasteiger partial charge in [-0.3, -0.25) is 0 Å². The Hall–Kier alpha value is -1.37. The summed E-state index contributed by atoms with van der Waals surface area (Å²) in [5, 5.41) is 7.32. The van der Waals surface area contributed by atoms with Gasteiger partial charge in [-0.25, -0.2) is 0 Å². The summed E-state index contributed by atoms with van der Waals surface area (Å²) in [4.78, 5) is 5.65. The van der Waals surface area contributed by atoms with E-state index in [0.717, 1.165) is 18.7 Å². The lowest BCUT2D eigenvalue weighted by atomic mass is 10.2. The van der Waals surface area contributed by atoms with Crippen LogP contribution < -0.4 is 5.32 Å². The van der Waals surface area contributed by atoms with Crippen molar-refractivity contribution < 1.29 is 9.26 Å². The van der Waals surface area contributed by atoms with Crippen LogP contribution in [0.2, 0.25) is 0 Å². The lowest BCUT2D eigenvalue weighted by Gasteiger charge is -2.20. The Morgan fingerprint density at radius 1 is 1.32 bits per heavy atom. The zero-order valence-corrected chi connectivity index (χ0v) is 11.4. The van der Waals surface area contributed by atoms with Gasteiger partial charge in [-0.1, -0.05) is 5.16 Å². The molecule has 1 aliphatic heterocycles. The van der Waals surface area contributed by atoms with Gasteiger partial charge >= 0.3 is 0 Å². The van der Waals surface area contributed by atoms with Crippen LogP contribution in [0.4, 0.5) is 0 Å². The predicted molar refractivity (Wildman–Crippen MR) is 73.1 cm³/mol. The number of rotatable bonds is 3. The summed E-state index contributed by atoms with van der Waals surface area (Å²) in [7, 11) is 0. The van der Waals surface area contributed by atoms with Gasteiger partial charge in [-0.05, 0) is 30.5 Å². The molecule has 0 aliphatic carbocycles. The molecule has 0 bridgehead atoms. The van der Waals surface area contributed by atoms with Crippen LogP contribution in [0, 0.1) is 0 Å². The van der Waals surface area contributed by atoms with Gasteiger partial charge in [0, 0.05) is 17.0 Å². The average molecular weight is 277 g/mol. The van der Waals surface area contributed by atoms with E-state index in [0.29, 0.717) is 18.3 Å². The van der Waals surface area contributed by atoms with Crippen molar-refractivity contribution in [1.82, 2.24) is 15.5 Å². The fraction of sp³-hybridized carbons (Fsp3) is 0.385. The molecule has 1 unspecified atom stereocenters. The zero-order chi connectivity index (χ0) is 13.1. The molecular weight excluding hydrogens is 262 g/mol. The Morgan fingerprint density at radius 2 is 2.16 bits per heavy atom. The van der Waals surface area contributed by atoms with Crippen LogP contribution in [0.5, 0.6) is 0 Å². The third-order valence-corrected chi connectivity index (χ3v) is 3.75. The van der Waals surface area contributed by atoms with Crippen LogP contribution >= 0.6 is 11.8 Å². The number of ether oxygens (including phenoxy) is 1. The van der Waals surface area contributed by atoms with Crippen LogP contribution in [0.25, 0.3) is 11.4 Å². The van der Waals surface area contributed by atoms with Gasteiger partial charge in [0.15, 0.2) is 0 Å². The van der Waals surface area contributed by atoms with Crippen molar-refractivity contribution in [2.24, 2.45) is 0 Å². The molecule has 0 spiro atoms. The smallest absolute Gasteiger partial charge is 0.246 e. The van der Waals surface area contributed by atoms with E-state index < -0.39 is 0 Å². The Morgan fingerprint density at radius 3 is 2.84 bits per heavy atom. The van der Waals surface area contributed by atoms with Gasteiger partial charge in [0.1, 0.15) is 6.04 Å². The van der Waals surface area contributed by atoms with Crippen LogP contribution in [-0.4, -0.2) is 36.2 Å².